The van der Waals surface area contributed by atoms with Gasteiger partial charge in [-0.2, -0.15) is 0 Å². The zero-order valence-electron chi connectivity index (χ0n) is 19.1. The van der Waals surface area contributed by atoms with Crippen molar-refractivity contribution < 1.29 is 4.74 Å². The number of benzene rings is 3. The summed E-state index contributed by atoms with van der Waals surface area (Å²) in [7, 11) is 0. The van der Waals surface area contributed by atoms with E-state index in [1.807, 2.05) is 24.4 Å². The second-order valence-corrected chi connectivity index (χ2v) is 9.53. The lowest BCUT2D eigenvalue weighted by Crippen LogP contribution is -2.23. The Morgan fingerprint density at radius 3 is 2.60 bits per heavy atom. The molecule has 1 aromatic heterocycles. The second kappa shape index (κ2) is 9.60. The van der Waals surface area contributed by atoms with Crippen LogP contribution >= 0.6 is 15.9 Å². The third-order valence-corrected chi connectivity index (χ3v) is 6.76. The molecule has 174 valence electrons. The Labute approximate surface area is 211 Å². The van der Waals surface area contributed by atoms with E-state index < -0.39 is 0 Å². The lowest BCUT2D eigenvalue weighted by Gasteiger charge is -2.22. The van der Waals surface area contributed by atoms with Crippen LogP contribution in [-0.2, 0) is 4.74 Å². The van der Waals surface area contributed by atoms with E-state index in [1.54, 1.807) is 6.20 Å². The highest BCUT2D eigenvalue weighted by atomic mass is 79.9. The fraction of sp³-hybridized carbons (Fsp3) is 0.179. The highest BCUT2D eigenvalue weighted by Crippen LogP contribution is 2.31. The maximum atomic E-state index is 5.57. The van der Waals surface area contributed by atoms with Crippen molar-refractivity contribution in [3.05, 3.63) is 95.0 Å². The first kappa shape index (κ1) is 21.9. The number of hydrogen-bond acceptors (Lipinski definition) is 5. The first-order valence-corrected chi connectivity index (χ1v) is 12.5. The van der Waals surface area contributed by atoms with Crippen LogP contribution in [-0.4, -0.2) is 33.8 Å². The summed E-state index contributed by atoms with van der Waals surface area (Å²) in [5.41, 5.74) is 6.79. The maximum absolute atomic E-state index is 5.57. The van der Waals surface area contributed by atoms with Gasteiger partial charge in [0, 0.05) is 29.6 Å². The number of nitrogens with zero attached hydrogens (tertiary/aromatic N) is 4. The van der Waals surface area contributed by atoms with Gasteiger partial charge in [0.25, 0.3) is 0 Å². The standard InChI is InChI=1S/C28H24BrN5O/c29-19-7-9-22(10-8-19)34-27-6-2-1-5-23(27)33-26-16-24(32-21-4-3-13-30-18-21)25(17-28(26)34)31-20-11-14-35-15-12-20/h1-10,13,16-18,20,32H,11-12,14-15H2/b31-25+. The van der Waals surface area contributed by atoms with E-state index in [9.17, 15) is 0 Å². The Morgan fingerprint density at radius 1 is 0.971 bits per heavy atom. The Balaban J connectivity index is 1.62. The minimum Gasteiger partial charge on any atom is -0.381 e. The van der Waals surface area contributed by atoms with E-state index in [0.717, 1.165) is 75.4 Å². The predicted octanol–water partition coefficient (Wildman–Crippen LogP) is 6.11. The highest BCUT2D eigenvalue weighted by molar-refractivity contribution is 9.10. The molecule has 35 heavy (non-hydrogen) atoms. The van der Waals surface area contributed by atoms with Crippen molar-refractivity contribution in [2.24, 2.45) is 4.99 Å². The maximum Gasteiger partial charge on any atom is 0.0900 e. The first-order valence-electron chi connectivity index (χ1n) is 11.7. The minimum absolute atomic E-state index is 0.227. The van der Waals surface area contributed by atoms with Crippen LogP contribution in [0.5, 0.6) is 0 Å². The SMILES string of the molecule is Brc1ccc(-n2c3c/c(=N\C4CCOCC4)c(Nc4cccnc4)cc-3nc3ccccc32)cc1. The monoisotopic (exact) mass is 525 g/mol. The van der Waals surface area contributed by atoms with Gasteiger partial charge in [0.05, 0.1) is 51.4 Å². The van der Waals surface area contributed by atoms with Crippen LogP contribution in [0.1, 0.15) is 12.8 Å². The van der Waals surface area contributed by atoms with Crippen LogP contribution in [0.3, 0.4) is 0 Å². The van der Waals surface area contributed by atoms with Gasteiger partial charge in [-0.15, -0.1) is 0 Å². The van der Waals surface area contributed by atoms with Gasteiger partial charge in [-0.3, -0.25) is 9.98 Å². The summed E-state index contributed by atoms with van der Waals surface area (Å²) in [5, 5.41) is 4.44. The molecule has 1 fully saturated rings. The molecule has 3 aromatic rings. The molecule has 1 saturated heterocycles. The smallest absolute Gasteiger partial charge is 0.0900 e. The molecule has 0 unspecified atom stereocenters. The average Bonchev–Trinajstić information content (AvgIpc) is 2.90. The van der Waals surface area contributed by atoms with Gasteiger partial charge >= 0.3 is 0 Å². The number of fused-ring (bicyclic) bond motifs is 2. The van der Waals surface area contributed by atoms with Crippen LogP contribution in [0.4, 0.5) is 11.4 Å². The molecule has 0 atom stereocenters. The van der Waals surface area contributed by atoms with E-state index in [2.05, 4.69) is 85.4 Å². The molecule has 6 nitrogen and oxygen atoms in total. The molecule has 0 bridgehead atoms. The van der Waals surface area contributed by atoms with Crippen LogP contribution in [0, 0.1) is 0 Å². The molecule has 7 heteroatoms. The van der Waals surface area contributed by atoms with E-state index in [4.69, 9.17) is 14.7 Å². The molecule has 3 aliphatic rings. The molecule has 0 radical (unpaired) electrons. The van der Waals surface area contributed by atoms with Gasteiger partial charge in [0.2, 0.25) is 0 Å². The van der Waals surface area contributed by atoms with E-state index in [-0.39, 0.29) is 6.04 Å². The van der Waals surface area contributed by atoms with Crippen molar-refractivity contribution in [2.45, 2.75) is 18.9 Å². The van der Waals surface area contributed by atoms with Gasteiger partial charge in [0.1, 0.15) is 0 Å². The number of nitrogens with one attached hydrogen (secondary N) is 1. The largest absolute Gasteiger partial charge is 0.381 e. The van der Waals surface area contributed by atoms with Crippen LogP contribution in [0.15, 0.2) is 94.7 Å². The quantitative estimate of drug-likeness (QED) is 0.287. The number of anilines is 2. The van der Waals surface area contributed by atoms with Crippen molar-refractivity contribution in [1.29, 1.82) is 0 Å². The fourth-order valence-corrected chi connectivity index (χ4v) is 4.78. The summed E-state index contributed by atoms with van der Waals surface area (Å²) < 4.78 is 8.88. The van der Waals surface area contributed by atoms with E-state index in [1.165, 1.54) is 0 Å². The van der Waals surface area contributed by atoms with Crippen LogP contribution in [0.2, 0.25) is 0 Å². The molecule has 1 N–H and O–H groups in total. The van der Waals surface area contributed by atoms with Crippen molar-refractivity contribution >= 4 is 38.3 Å². The lowest BCUT2D eigenvalue weighted by molar-refractivity contribution is 0.0864. The van der Waals surface area contributed by atoms with E-state index in [0.29, 0.717) is 0 Å². The molecule has 0 amide bonds. The number of ether oxygens (including phenoxy) is 1. The van der Waals surface area contributed by atoms with Crippen molar-refractivity contribution in [3.8, 4) is 17.1 Å². The van der Waals surface area contributed by atoms with Crippen molar-refractivity contribution in [3.63, 3.8) is 0 Å². The van der Waals surface area contributed by atoms with Gasteiger partial charge in [-0.1, -0.05) is 28.1 Å². The number of rotatable bonds is 4. The Hall–Kier alpha value is -3.55. The molecule has 0 spiro atoms. The molecule has 2 aliphatic heterocycles. The molecule has 6 rings (SSSR count). The zero-order chi connectivity index (χ0) is 23.6. The van der Waals surface area contributed by atoms with Gasteiger partial charge in [-0.05, 0) is 73.5 Å². The van der Waals surface area contributed by atoms with Crippen LogP contribution in [0.25, 0.3) is 28.1 Å². The third kappa shape index (κ3) is 4.57. The first-order chi connectivity index (χ1) is 17.2. The Morgan fingerprint density at radius 2 is 1.80 bits per heavy atom. The fourth-order valence-electron chi connectivity index (χ4n) is 4.52. The van der Waals surface area contributed by atoms with Crippen LogP contribution < -0.4 is 10.7 Å². The number of para-hydroxylation sites is 2. The Kier molecular flexibility index (Phi) is 6.02. The summed E-state index contributed by atoms with van der Waals surface area (Å²) in [5.74, 6) is 0. The molecule has 3 heterocycles. The zero-order valence-corrected chi connectivity index (χ0v) is 20.6. The average molecular weight is 526 g/mol. The van der Waals surface area contributed by atoms with E-state index >= 15 is 0 Å². The number of pyridine rings is 1. The van der Waals surface area contributed by atoms with Gasteiger partial charge in [-0.25, -0.2) is 4.98 Å². The number of halogens is 1. The normalized spacial score (nSPS) is 15.1. The van der Waals surface area contributed by atoms with Gasteiger partial charge in [0.15, 0.2) is 0 Å². The summed E-state index contributed by atoms with van der Waals surface area (Å²) in [6, 6.07) is 25.0. The summed E-state index contributed by atoms with van der Waals surface area (Å²) in [4.78, 5) is 14.5. The molecule has 0 saturated carbocycles. The molecular weight excluding hydrogens is 502 g/mol. The van der Waals surface area contributed by atoms with Crippen molar-refractivity contribution in [2.75, 3.05) is 18.5 Å². The number of aromatic nitrogens is 3. The van der Waals surface area contributed by atoms with Gasteiger partial charge < -0.3 is 14.6 Å². The predicted molar refractivity (Wildman–Crippen MR) is 142 cm³/mol. The molecule has 1 aliphatic carbocycles. The lowest BCUT2D eigenvalue weighted by atomic mass is 10.1. The summed E-state index contributed by atoms with van der Waals surface area (Å²) in [6.45, 7) is 1.50. The molecule has 2 aromatic carbocycles. The summed E-state index contributed by atoms with van der Waals surface area (Å²) >= 11 is 3.57. The minimum atomic E-state index is 0.227. The molecular formula is C28H24BrN5O. The number of hydrogen-bond donors (Lipinski definition) is 1. The highest BCUT2D eigenvalue weighted by Gasteiger charge is 2.18. The second-order valence-electron chi connectivity index (χ2n) is 8.61. The summed E-state index contributed by atoms with van der Waals surface area (Å²) in [6.07, 6.45) is 5.44. The van der Waals surface area contributed by atoms with Crippen molar-refractivity contribution in [1.82, 2.24) is 14.5 Å². The topological polar surface area (TPSA) is 64.3 Å². The third-order valence-electron chi connectivity index (χ3n) is 6.24. The Bertz CT molecular complexity index is 1510.